The van der Waals surface area contributed by atoms with E-state index in [1.807, 2.05) is 0 Å². The lowest BCUT2D eigenvalue weighted by Gasteiger charge is -2.16. The van der Waals surface area contributed by atoms with Gasteiger partial charge in [0.15, 0.2) is 0 Å². The molecule has 1 fully saturated rings. The van der Waals surface area contributed by atoms with Gasteiger partial charge in [-0.25, -0.2) is 0 Å². The first kappa shape index (κ1) is 12.4. The molecule has 1 aliphatic heterocycles. The zero-order valence-corrected chi connectivity index (χ0v) is 10.6. The van der Waals surface area contributed by atoms with Gasteiger partial charge in [-0.1, -0.05) is 19.8 Å². The highest BCUT2D eigenvalue weighted by atomic mass is 16.5. The van der Waals surface area contributed by atoms with Gasteiger partial charge in [0.2, 0.25) is 5.89 Å². The number of rotatable bonds is 5. The molecular formula is C12H22N4O. The lowest BCUT2D eigenvalue weighted by molar-refractivity contribution is 0.366. The molecule has 0 atom stereocenters. The lowest BCUT2D eigenvalue weighted by Crippen LogP contribution is -2.25. The van der Waals surface area contributed by atoms with Gasteiger partial charge in [0.25, 0.3) is 5.95 Å². The summed E-state index contributed by atoms with van der Waals surface area (Å²) < 4.78 is 5.24. The van der Waals surface area contributed by atoms with Crippen LogP contribution in [0.15, 0.2) is 4.52 Å². The second kappa shape index (κ2) is 6.59. The first-order chi connectivity index (χ1) is 8.40. The van der Waals surface area contributed by atoms with E-state index in [0.717, 1.165) is 32.0 Å². The number of nitrogens with one attached hydrogen (secondary N) is 1. The van der Waals surface area contributed by atoms with Gasteiger partial charge < -0.3 is 14.7 Å². The Morgan fingerprint density at radius 1 is 1.24 bits per heavy atom. The van der Waals surface area contributed by atoms with Crippen molar-refractivity contribution in [1.82, 2.24) is 15.5 Å². The minimum absolute atomic E-state index is 0.675. The average Bonchev–Trinajstić information content (AvgIpc) is 2.64. The molecule has 0 radical (unpaired) electrons. The van der Waals surface area contributed by atoms with Crippen LogP contribution in [0.25, 0.3) is 0 Å². The lowest BCUT2D eigenvalue weighted by atomic mass is 10.2. The molecule has 0 amide bonds. The Balaban J connectivity index is 1.87. The van der Waals surface area contributed by atoms with E-state index in [2.05, 4.69) is 27.3 Å². The summed E-state index contributed by atoms with van der Waals surface area (Å²) in [6.07, 6.45) is 6.22. The topological polar surface area (TPSA) is 54.2 Å². The van der Waals surface area contributed by atoms with Crippen LogP contribution in [-0.4, -0.2) is 29.8 Å². The SMILES string of the molecule is CCCNCc1nc(N2CCCCCC2)no1. The van der Waals surface area contributed by atoms with Crippen molar-refractivity contribution in [2.45, 2.75) is 45.6 Å². The number of hydrogen-bond acceptors (Lipinski definition) is 5. The molecule has 1 saturated heterocycles. The summed E-state index contributed by atoms with van der Waals surface area (Å²) in [6.45, 7) is 5.92. The molecule has 2 heterocycles. The maximum Gasteiger partial charge on any atom is 0.266 e. The highest BCUT2D eigenvalue weighted by Crippen LogP contribution is 2.16. The normalized spacial score (nSPS) is 17.1. The number of hydrogen-bond donors (Lipinski definition) is 1. The van der Waals surface area contributed by atoms with Gasteiger partial charge in [0, 0.05) is 13.1 Å². The van der Waals surface area contributed by atoms with E-state index in [4.69, 9.17) is 4.52 Å². The molecular weight excluding hydrogens is 216 g/mol. The van der Waals surface area contributed by atoms with Crippen molar-refractivity contribution < 1.29 is 4.52 Å². The molecule has 0 aromatic carbocycles. The van der Waals surface area contributed by atoms with Crippen LogP contribution in [0.1, 0.15) is 44.9 Å². The molecule has 0 spiro atoms. The van der Waals surface area contributed by atoms with Crippen molar-refractivity contribution in [2.24, 2.45) is 0 Å². The van der Waals surface area contributed by atoms with Crippen LogP contribution in [0.4, 0.5) is 5.95 Å². The highest BCUT2D eigenvalue weighted by molar-refractivity contribution is 5.27. The molecule has 0 saturated carbocycles. The maximum absolute atomic E-state index is 5.24. The van der Waals surface area contributed by atoms with Gasteiger partial charge >= 0.3 is 0 Å². The zero-order chi connectivity index (χ0) is 11.9. The third-order valence-corrected chi connectivity index (χ3v) is 3.05. The molecule has 1 aliphatic rings. The first-order valence-electron chi connectivity index (χ1n) is 6.68. The molecule has 1 N–H and O–H groups in total. The molecule has 1 aromatic rings. The minimum atomic E-state index is 0.675. The van der Waals surface area contributed by atoms with Crippen molar-refractivity contribution >= 4 is 5.95 Å². The second-order valence-corrected chi connectivity index (χ2v) is 4.57. The Morgan fingerprint density at radius 3 is 2.71 bits per heavy atom. The molecule has 0 bridgehead atoms. The van der Waals surface area contributed by atoms with Crippen LogP contribution < -0.4 is 10.2 Å². The zero-order valence-electron chi connectivity index (χ0n) is 10.6. The van der Waals surface area contributed by atoms with E-state index in [0.29, 0.717) is 12.4 Å². The van der Waals surface area contributed by atoms with Crippen LogP contribution in [0.5, 0.6) is 0 Å². The molecule has 5 nitrogen and oxygen atoms in total. The Bertz CT molecular complexity index is 318. The highest BCUT2D eigenvalue weighted by Gasteiger charge is 2.15. The van der Waals surface area contributed by atoms with Gasteiger partial charge in [0.1, 0.15) is 0 Å². The number of anilines is 1. The van der Waals surface area contributed by atoms with Crippen LogP contribution in [0.2, 0.25) is 0 Å². The summed E-state index contributed by atoms with van der Waals surface area (Å²) in [4.78, 5) is 6.67. The summed E-state index contributed by atoms with van der Waals surface area (Å²) >= 11 is 0. The molecule has 17 heavy (non-hydrogen) atoms. The molecule has 96 valence electrons. The van der Waals surface area contributed by atoms with Gasteiger partial charge in [-0.2, -0.15) is 4.98 Å². The van der Waals surface area contributed by atoms with E-state index < -0.39 is 0 Å². The van der Waals surface area contributed by atoms with Crippen molar-refractivity contribution in [2.75, 3.05) is 24.5 Å². The maximum atomic E-state index is 5.24. The van der Waals surface area contributed by atoms with Crippen LogP contribution in [-0.2, 0) is 6.54 Å². The van der Waals surface area contributed by atoms with E-state index in [1.165, 1.54) is 25.7 Å². The van der Waals surface area contributed by atoms with E-state index in [1.54, 1.807) is 0 Å². The van der Waals surface area contributed by atoms with Gasteiger partial charge in [0.05, 0.1) is 6.54 Å². The molecule has 0 unspecified atom stereocenters. The van der Waals surface area contributed by atoms with Gasteiger partial charge in [-0.3, -0.25) is 0 Å². The average molecular weight is 238 g/mol. The predicted molar refractivity (Wildman–Crippen MR) is 67.0 cm³/mol. The molecule has 0 aliphatic carbocycles. The quantitative estimate of drug-likeness (QED) is 0.795. The standard InChI is InChI=1S/C12H22N4O/c1-2-7-13-10-11-14-12(15-17-11)16-8-5-3-4-6-9-16/h13H,2-10H2,1H3. The fourth-order valence-corrected chi connectivity index (χ4v) is 2.09. The second-order valence-electron chi connectivity index (χ2n) is 4.57. The smallest absolute Gasteiger partial charge is 0.266 e. The van der Waals surface area contributed by atoms with E-state index in [-0.39, 0.29) is 0 Å². The Labute approximate surface area is 103 Å². The van der Waals surface area contributed by atoms with Crippen LogP contribution in [0, 0.1) is 0 Å². The molecule has 5 heteroatoms. The summed E-state index contributed by atoms with van der Waals surface area (Å²) in [6, 6.07) is 0. The predicted octanol–water partition coefficient (Wildman–Crippen LogP) is 1.95. The largest absolute Gasteiger partial charge is 0.338 e. The van der Waals surface area contributed by atoms with Crippen molar-refractivity contribution in [3.05, 3.63) is 5.89 Å². The summed E-state index contributed by atoms with van der Waals surface area (Å²) in [5.41, 5.74) is 0. The molecule has 2 rings (SSSR count). The Kier molecular flexibility index (Phi) is 4.79. The van der Waals surface area contributed by atoms with Gasteiger partial charge in [-0.05, 0) is 31.0 Å². The molecule has 1 aromatic heterocycles. The van der Waals surface area contributed by atoms with E-state index >= 15 is 0 Å². The van der Waals surface area contributed by atoms with Crippen LogP contribution >= 0.6 is 0 Å². The van der Waals surface area contributed by atoms with Crippen LogP contribution in [0.3, 0.4) is 0 Å². The van der Waals surface area contributed by atoms with E-state index in [9.17, 15) is 0 Å². The first-order valence-corrected chi connectivity index (χ1v) is 6.68. The van der Waals surface area contributed by atoms with Crippen molar-refractivity contribution in [1.29, 1.82) is 0 Å². The third kappa shape index (κ3) is 3.70. The number of nitrogens with zero attached hydrogens (tertiary/aromatic N) is 3. The van der Waals surface area contributed by atoms with Crippen molar-refractivity contribution in [3.8, 4) is 0 Å². The Morgan fingerprint density at radius 2 is 2.00 bits per heavy atom. The minimum Gasteiger partial charge on any atom is -0.338 e. The summed E-state index contributed by atoms with van der Waals surface area (Å²) in [7, 11) is 0. The third-order valence-electron chi connectivity index (χ3n) is 3.05. The monoisotopic (exact) mass is 238 g/mol. The summed E-state index contributed by atoms with van der Waals surface area (Å²) in [5, 5.41) is 7.33. The number of aromatic nitrogens is 2. The fraction of sp³-hybridized carbons (Fsp3) is 0.833. The van der Waals surface area contributed by atoms with Crippen molar-refractivity contribution in [3.63, 3.8) is 0 Å². The Hall–Kier alpha value is -1.10. The summed E-state index contributed by atoms with van der Waals surface area (Å²) in [5.74, 6) is 1.46. The van der Waals surface area contributed by atoms with Gasteiger partial charge in [-0.15, -0.1) is 0 Å². The fourth-order valence-electron chi connectivity index (χ4n) is 2.09.